The molecule has 2 rings (SSSR count). The van der Waals surface area contributed by atoms with Gasteiger partial charge in [-0.15, -0.1) is 0 Å². The van der Waals surface area contributed by atoms with Crippen molar-refractivity contribution in [3.63, 3.8) is 0 Å². The number of hydrogen-bond acceptors (Lipinski definition) is 4. The summed E-state index contributed by atoms with van der Waals surface area (Å²) in [5.74, 6) is -0.931. The number of esters is 1. The largest absolute Gasteiger partial charge is 0.466 e. The molecule has 0 N–H and O–H groups in total. The first-order chi connectivity index (χ1) is 11.3. The second-order valence-electron chi connectivity index (χ2n) is 6.23. The Morgan fingerprint density at radius 3 is 2.58 bits per heavy atom. The molecule has 5 nitrogen and oxygen atoms in total. The summed E-state index contributed by atoms with van der Waals surface area (Å²) in [5, 5.41) is 0. The van der Waals surface area contributed by atoms with Gasteiger partial charge in [0.25, 0.3) is 0 Å². The van der Waals surface area contributed by atoms with E-state index in [1.165, 1.54) is 13.2 Å². The first-order valence-corrected chi connectivity index (χ1v) is 7.90. The van der Waals surface area contributed by atoms with Crippen LogP contribution in [0, 0.1) is 0 Å². The van der Waals surface area contributed by atoms with Crippen LogP contribution in [0.5, 0.6) is 0 Å². The molecule has 1 fully saturated rings. The Bertz CT molecular complexity index is 615. The Morgan fingerprint density at radius 2 is 2.00 bits per heavy atom. The Hall–Kier alpha value is -2.08. The standard InChI is InChI=1S/C18H22BNO4/c1-18(2)20(17(19)22)14(12-13-8-5-4-6-9-13)15(24-18)10-7-11-16(21)23-3/h4-9,11,14-15H,10,12H2,1-3H3/b11-7+/t14-,15+/m0/s1. The summed E-state index contributed by atoms with van der Waals surface area (Å²) in [4.78, 5) is 24.8. The van der Waals surface area contributed by atoms with Crippen LogP contribution in [-0.4, -0.2) is 49.5 Å². The van der Waals surface area contributed by atoms with Crippen molar-refractivity contribution in [1.29, 1.82) is 0 Å². The number of hydrogen-bond donors (Lipinski definition) is 0. The van der Waals surface area contributed by atoms with Gasteiger partial charge in [-0.1, -0.05) is 36.4 Å². The molecule has 2 radical (unpaired) electrons. The number of methoxy groups -OCH3 is 1. The van der Waals surface area contributed by atoms with Gasteiger partial charge in [-0.05, 0) is 32.3 Å². The molecule has 2 atom stereocenters. The topological polar surface area (TPSA) is 55.8 Å². The average Bonchev–Trinajstić information content (AvgIpc) is 2.78. The van der Waals surface area contributed by atoms with Crippen molar-refractivity contribution >= 4 is 19.6 Å². The molecule has 1 aromatic rings. The Kier molecular flexibility index (Phi) is 5.83. The lowest BCUT2D eigenvalue weighted by molar-refractivity contribution is -0.134. The average molecular weight is 327 g/mol. The van der Waals surface area contributed by atoms with E-state index >= 15 is 0 Å². The predicted octanol–water partition coefficient (Wildman–Crippen LogP) is 2.44. The van der Waals surface area contributed by atoms with Gasteiger partial charge in [-0.2, -0.15) is 0 Å². The fourth-order valence-corrected chi connectivity index (χ4v) is 3.15. The fraction of sp³-hybridized carbons (Fsp3) is 0.444. The zero-order valence-electron chi connectivity index (χ0n) is 14.3. The molecule has 1 heterocycles. The molecule has 126 valence electrons. The van der Waals surface area contributed by atoms with Crippen LogP contribution < -0.4 is 0 Å². The van der Waals surface area contributed by atoms with Crippen molar-refractivity contribution < 1.29 is 19.1 Å². The number of rotatable bonds is 5. The molecular weight excluding hydrogens is 305 g/mol. The van der Waals surface area contributed by atoms with Crippen LogP contribution in [0.4, 0.5) is 4.79 Å². The van der Waals surface area contributed by atoms with Crippen LogP contribution >= 0.6 is 0 Å². The molecular formula is C18H22BNO4. The Labute approximate surface area is 144 Å². The smallest absolute Gasteiger partial charge is 0.330 e. The van der Waals surface area contributed by atoms with E-state index in [9.17, 15) is 9.59 Å². The van der Waals surface area contributed by atoms with Crippen LogP contribution in [0.15, 0.2) is 42.5 Å². The van der Waals surface area contributed by atoms with E-state index in [1.807, 2.05) is 44.2 Å². The minimum absolute atomic E-state index is 0.206. The van der Waals surface area contributed by atoms with E-state index in [0.29, 0.717) is 12.8 Å². The van der Waals surface area contributed by atoms with Gasteiger partial charge in [0.2, 0.25) is 7.85 Å². The van der Waals surface area contributed by atoms with Crippen molar-refractivity contribution in [1.82, 2.24) is 4.90 Å². The van der Waals surface area contributed by atoms with Gasteiger partial charge in [0.1, 0.15) is 5.72 Å². The molecule has 0 saturated carbocycles. The van der Waals surface area contributed by atoms with Gasteiger partial charge in [0.05, 0.1) is 19.3 Å². The normalized spacial score (nSPS) is 22.7. The van der Waals surface area contributed by atoms with Gasteiger partial charge >= 0.3 is 5.97 Å². The quantitative estimate of drug-likeness (QED) is 0.474. The van der Waals surface area contributed by atoms with Crippen molar-refractivity contribution in [2.45, 2.75) is 44.6 Å². The summed E-state index contributed by atoms with van der Waals surface area (Å²) >= 11 is 0. The molecule has 1 aliphatic rings. The molecule has 1 amide bonds. The lowest BCUT2D eigenvalue weighted by Crippen LogP contribution is -2.48. The summed E-state index contributed by atoms with van der Waals surface area (Å²) in [6, 6.07) is 9.66. The number of carbonyl (C=O) groups excluding carboxylic acids is 2. The Balaban J connectivity index is 2.21. The number of amides is 1. The van der Waals surface area contributed by atoms with Crippen molar-refractivity contribution in [2.75, 3.05) is 7.11 Å². The van der Waals surface area contributed by atoms with Crippen molar-refractivity contribution in [3.05, 3.63) is 48.0 Å². The second-order valence-corrected chi connectivity index (χ2v) is 6.23. The third-order valence-electron chi connectivity index (χ3n) is 4.13. The lowest BCUT2D eigenvalue weighted by Gasteiger charge is -2.33. The van der Waals surface area contributed by atoms with Gasteiger partial charge < -0.3 is 14.4 Å². The highest BCUT2D eigenvalue weighted by Gasteiger charge is 2.47. The minimum Gasteiger partial charge on any atom is -0.466 e. The molecule has 0 aromatic heterocycles. The van der Waals surface area contributed by atoms with Gasteiger partial charge in [0.15, 0.2) is 5.81 Å². The first-order valence-electron chi connectivity index (χ1n) is 7.90. The zero-order chi connectivity index (χ0) is 17.7. The summed E-state index contributed by atoms with van der Waals surface area (Å²) in [6.07, 6.45) is 3.93. The van der Waals surface area contributed by atoms with Crippen molar-refractivity contribution in [3.8, 4) is 0 Å². The highest BCUT2D eigenvalue weighted by molar-refractivity contribution is 6.57. The highest BCUT2D eigenvalue weighted by Crippen LogP contribution is 2.35. The molecule has 1 aliphatic heterocycles. The molecule has 24 heavy (non-hydrogen) atoms. The molecule has 0 unspecified atom stereocenters. The summed E-state index contributed by atoms with van der Waals surface area (Å²) in [5.41, 5.74) is 0.298. The van der Waals surface area contributed by atoms with Crippen LogP contribution in [0.1, 0.15) is 25.8 Å². The minimum atomic E-state index is -0.797. The summed E-state index contributed by atoms with van der Waals surface area (Å²) in [6.45, 7) is 3.64. The van der Waals surface area contributed by atoms with Crippen LogP contribution in [0.2, 0.25) is 0 Å². The first kappa shape index (κ1) is 18.3. The third kappa shape index (κ3) is 4.26. The Morgan fingerprint density at radius 1 is 1.33 bits per heavy atom. The van der Waals surface area contributed by atoms with E-state index in [1.54, 1.807) is 11.0 Å². The second kappa shape index (κ2) is 7.66. The summed E-state index contributed by atoms with van der Waals surface area (Å²) in [7, 11) is 6.92. The monoisotopic (exact) mass is 327 g/mol. The molecule has 1 saturated heterocycles. The number of carbonyl (C=O) groups is 2. The van der Waals surface area contributed by atoms with Crippen LogP contribution in [0.3, 0.4) is 0 Å². The maximum Gasteiger partial charge on any atom is 0.330 e. The number of nitrogens with zero attached hydrogens (tertiary/aromatic N) is 1. The summed E-state index contributed by atoms with van der Waals surface area (Å²) < 4.78 is 10.6. The van der Waals surface area contributed by atoms with E-state index in [4.69, 9.17) is 12.6 Å². The molecule has 0 bridgehead atoms. The zero-order valence-corrected chi connectivity index (χ0v) is 14.3. The fourth-order valence-electron chi connectivity index (χ4n) is 3.15. The predicted molar refractivity (Wildman–Crippen MR) is 91.6 cm³/mol. The van der Waals surface area contributed by atoms with E-state index in [0.717, 1.165) is 5.56 Å². The SMILES string of the molecule is [B]C(=O)N1[C@@H](Cc2ccccc2)[C@@H](C/C=C/C(=O)OC)OC1(C)C. The van der Waals surface area contributed by atoms with Gasteiger partial charge in [0, 0.05) is 6.08 Å². The third-order valence-corrected chi connectivity index (χ3v) is 4.13. The van der Waals surface area contributed by atoms with Crippen LogP contribution in [-0.2, 0) is 20.7 Å². The van der Waals surface area contributed by atoms with Crippen molar-refractivity contribution in [2.24, 2.45) is 0 Å². The molecule has 0 aliphatic carbocycles. The highest BCUT2D eigenvalue weighted by atomic mass is 16.5. The van der Waals surface area contributed by atoms with Gasteiger partial charge in [-0.25, -0.2) is 4.79 Å². The molecule has 1 aromatic carbocycles. The molecule has 0 spiro atoms. The maximum absolute atomic E-state index is 12.0. The molecule has 6 heteroatoms. The van der Waals surface area contributed by atoms with Gasteiger partial charge in [-0.3, -0.25) is 4.79 Å². The number of benzene rings is 1. The maximum atomic E-state index is 12.0. The lowest BCUT2D eigenvalue weighted by atomic mass is 9.95. The van der Waals surface area contributed by atoms with Crippen LogP contribution in [0.25, 0.3) is 0 Å². The van der Waals surface area contributed by atoms with E-state index in [-0.39, 0.29) is 12.1 Å². The van der Waals surface area contributed by atoms with E-state index < -0.39 is 17.5 Å². The number of ether oxygens (including phenoxy) is 2. The van der Waals surface area contributed by atoms with E-state index in [2.05, 4.69) is 4.74 Å².